The van der Waals surface area contributed by atoms with Gasteiger partial charge >= 0.3 is 0 Å². The molecule has 1 atom stereocenters. The topological polar surface area (TPSA) is 12.0 Å². The fourth-order valence-electron chi connectivity index (χ4n) is 2.08. The Morgan fingerprint density at radius 3 is 3.00 bits per heavy atom. The molecule has 0 heterocycles. The van der Waals surface area contributed by atoms with Crippen molar-refractivity contribution in [3.05, 3.63) is 41.7 Å². The summed E-state index contributed by atoms with van der Waals surface area (Å²) in [5, 5.41) is 3.35. The van der Waals surface area contributed by atoms with Crippen molar-refractivity contribution < 1.29 is 4.39 Å². The van der Waals surface area contributed by atoms with Crippen LogP contribution in [-0.2, 0) is 0 Å². The quantitative estimate of drug-likeness (QED) is 0.760. The Hall–Kier alpha value is -1.31. The van der Waals surface area contributed by atoms with Gasteiger partial charge in [0.2, 0.25) is 0 Å². The van der Waals surface area contributed by atoms with Gasteiger partial charge in [-0.05, 0) is 49.8 Å². The second kappa shape index (κ2) is 5.15. The lowest BCUT2D eigenvalue weighted by atomic mass is 9.94. The molecular weight excluding hydrogens is 201 g/mol. The Balaban J connectivity index is 1.93. The highest BCUT2D eigenvalue weighted by atomic mass is 19.1. The maximum Gasteiger partial charge on any atom is 0.125 e. The molecule has 0 saturated carbocycles. The first kappa shape index (κ1) is 11.2. The van der Waals surface area contributed by atoms with Gasteiger partial charge in [0.25, 0.3) is 0 Å². The van der Waals surface area contributed by atoms with Crippen LogP contribution in [-0.4, -0.2) is 6.54 Å². The molecule has 1 N–H and O–H groups in total. The number of benzene rings is 1. The lowest BCUT2D eigenvalue weighted by Gasteiger charge is -2.19. The van der Waals surface area contributed by atoms with Crippen LogP contribution in [0.15, 0.2) is 30.4 Å². The summed E-state index contributed by atoms with van der Waals surface area (Å²) in [4.78, 5) is 0. The number of anilines is 1. The highest BCUT2D eigenvalue weighted by Gasteiger charge is 2.10. The van der Waals surface area contributed by atoms with E-state index in [2.05, 4.69) is 17.5 Å². The maximum atomic E-state index is 13.1. The average Bonchev–Trinajstić information content (AvgIpc) is 2.32. The van der Waals surface area contributed by atoms with E-state index in [1.54, 1.807) is 6.07 Å². The second-order valence-corrected chi connectivity index (χ2v) is 4.49. The summed E-state index contributed by atoms with van der Waals surface area (Å²) in [6, 6.07) is 4.90. The third-order valence-electron chi connectivity index (χ3n) is 3.16. The van der Waals surface area contributed by atoms with Crippen molar-refractivity contribution in [1.29, 1.82) is 0 Å². The van der Waals surface area contributed by atoms with Crippen LogP contribution in [0, 0.1) is 18.7 Å². The molecule has 1 aliphatic rings. The first-order valence-corrected chi connectivity index (χ1v) is 5.91. The van der Waals surface area contributed by atoms with E-state index < -0.39 is 0 Å². The largest absolute Gasteiger partial charge is 0.384 e. The van der Waals surface area contributed by atoms with E-state index in [0.717, 1.165) is 24.2 Å². The van der Waals surface area contributed by atoms with Crippen molar-refractivity contribution in [2.24, 2.45) is 5.92 Å². The normalized spacial score (nSPS) is 19.8. The zero-order valence-electron chi connectivity index (χ0n) is 9.67. The van der Waals surface area contributed by atoms with Crippen LogP contribution in [0.4, 0.5) is 10.1 Å². The Labute approximate surface area is 96.4 Å². The van der Waals surface area contributed by atoms with Gasteiger partial charge in [-0.2, -0.15) is 0 Å². The van der Waals surface area contributed by atoms with Crippen molar-refractivity contribution in [3.8, 4) is 0 Å². The van der Waals surface area contributed by atoms with E-state index in [1.807, 2.05) is 13.0 Å². The number of halogens is 1. The number of hydrogen-bond acceptors (Lipinski definition) is 1. The molecule has 16 heavy (non-hydrogen) atoms. The van der Waals surface area contributed by atoms with Gasteiger partial charge in [-0.25, -0.2) is 4.39 Å². The minimum absolute atomic E-state index is 0.170. The fraction of sp³-hybridized carbons (Fsp3) is 0.429. The fourth-order valence-corrected chi connectivity index (χ4v) is 2.08. The Morgan fingerprint density at radius 2 is 2.25 bits per heavy atom. The van der Waals surface area contributed by atoms with Gasteiger partial charge in [0.15, 0.2) is 0 Å². The molecule has 1 unspecified atom stereocenters. The number of nitrogens with one attached hydrogen (secondary N) is 1. The molecule has 0 fully saturated rings. The first-order chi connectivity index (χ1) is 7.75. The smallest absolute Gasteiger partial charge is 0.125 e. The third-order valence-corrected chi connectivity index (χ3v) is 3.16. The third kappa shape index (κ3) is 2.84. The van der Waals surface area contributed by atoms with E-state index in [0.29, 0.717) is 5.92 Å². The van der Waals surface area contributed by atoms with Gasteiger partial charge in [0.1, 0.15) is 5.82 Å². The molecule has 0 radical (unpaired) electrons. The molecule has 1 aliphatic carbocycles. The first-order valence-electron chi connectivity index (χ1n) is 5.91. The summed E-state index contributed by atoms with van der Waals surface area (Å²) in [6.45, 7) is 2.94. The van der Waals surface area contributed by atoms with Gasteiger partial charge in [-0.1, -0.05) is 18.2 Å². The van der Waals surface area contributed by atoms with E-state index in [9.17, 15) is 4.39 Å². The summed E-state index contributed by atoms with van der Waals surface area (Å²) in [6.07, 6.45) is 8.03. The van der Waals surface area contributed by atoms with Gasteiger partial charge in [-0.15, -0.1) is 0 Å². The van der Waals surface area contributed by atoms with E-state index in [4.69, 9.17) is 0 Å². The van der Waals surface area contributed by atoms with Crippen LogP contribution in [0.1, 0.15) is 24.8 Å². The Bertz CT molecular complexity index is 384. The van der Waals surface area contributed by atoms with Gasteiger partial charge in [0, 0.05) is 12.2 Å². The highest BCUT2D eigenvalue weighted by molar-refractivity contribution is 5.50. The predicted octanol–water partition coefficient (Wildman–Crippen LogP) is 3.90. The maximum absolute atomic E-state index is 13.1. The van der Waals surface area contributed by atoms with E-state index >= 15 is 0 Å². The Morgan fingerprint density at radius 1 is 1.38 bits per heavy atom. The zero-order chi connectivity index (χ0) is 11.4. The van der Waals surface area contributed by atoms with E-state index in [-0.39, 0.29) is 5.82 Å². The molecule has 1 aromatic carbocycles. The van der Waals surface area contributed by atoms with Crippen molar-refractivity contribution in [3.63, 3.8) is 0 Å². The molecule has 86 valence electrons. The zero-order valence-corrected chi connectivity index (χ0v) is 9.67. The van der Waals surface area contributed by atoms with Gasteiger partial charge < -0.3 is 5.32 Å². The van der Waals surface area contributed by atoms with Crippen molar-refractivity contribution in [2.75, 3.05) is 11.9 Å². The molecule has 0 amide bonds. The minimum atomic E-state index is -0.170. The summed E-state index contributed by atoms with van der Waals surface area (Å²) < 4.78 is 13.1. The molecule has 0 aliphatic heterocycles. The van der Waals surface area contributed by atoms with Crippen LogP contribution >= 0.6 is 0 Å². The monoisotopic (exact) mass is 219 g/mol. The number of allylic oxidation sites excluding steroid dienone is 2. The van der Waals surface area contributed by atoms with Crippen LogP contribution in [0.5, 0.6) is 0 Å². The number of aryl methyl sites for hydroxylation is 1. The minimum Gasteiger partial charge on any atom is -0.384 e. The van der Waals surface area contributed by atoms with E-state index in [1.165, 1.54) is 18.9 Å². The lowest BCUT2D eigenvalue weighted by Crippen LogP contribution is -2.15. The SMILES string of the molecule is Cc1ccc(F)cc1NCC1CC=CCC1. The van der Waals surface area contributed by atoms with Crippen molar-refractivity contribution >= 4 is 5.69 Å². The van der Waals surface area contributed by atoms with Crippen LogP contribution < -0.4 is 5.32 Å². The van der Waals surface area contributed by atoms with Crippen molar-refractivity contribution in [1.82, 2.24) is 0 Å². The van der Waals surface area contributed by atoms with Gasteiger partial charge in [-0.3, -0.25) is 0 Å². The molecule has 0 spiro atoms. The molecule has 1 nitrogen and oxygen atoms in total. The molecule has 0 aromatic heterocycles. The lowest BCUT2D eigenvalue weighted by molar-refractivity contribution is 0.504. The number of rotatable bonds is 3. The van der Waals surface area contributed by atoms with Crippen LogP contribution in [0.25, 0.3) is 0 Å². The molecule has 0 saturated heterocycles. The van der Waals surface area contributed by atoms with Crippen LogP contribution in [0.3, 0.4) is 0 Å². The molecular formula is C14H18FN. The summed E-state index contributed by atoms with van der Waals surface area (Å²) in [5.74, 6) is 0.518. The van der Waals surface area contributed by atoms with Gasteiger partial charge in [0.05, 0.1) is 0 Å². The molecule has 0 bridgehead atoms. The number of hydrogen-bond donors (Lipinski definition) is 1. The summed E-state index contributed by atoms with van der Waals surface area (Å²) >= 11 is 0. The highest BCUT2D eigenvalue weighted by Crippen LogP contribution is 2.21. The predicted molar refractivity (Wildman–Crippen MR) is 66.1 cm³/mol. The van der Waals surface area contributed by atoms with Crippen molar-refractivity contribution in [2.45, 2.75) is 26.2 Å². The standard InChI is InChI=1S/C14H18FN/c1-11-7-8-13(15)9-14(11)16-10-12-5-3-2-4-6-12/h2-3,7-9,12,16H,4-6,10H2,1H3. The molecule has 1 aromatic rings. The summed E-state index contributed by atoms with van der Waals surface area (Å²) in [5.41, 5.74) is 2.03. The average molecular weight is 219 g/mol. The summed E-state index contributed by atoms with van der Waals surface area (Å²) in [7, 11) is 0. The second-order valence-electron chi connectivity index (χ2n) is 4.49. The molecule has 2 heteroatoms. The Kier molecular flexibility index (Phi) is 3.60. The molecule has 2 rings (SSSR count). The van der Waals surface area contributed by atoms with Crippen LogP contribution in [0.2, 0.25) is 0 Å².